The number of rotatable bonds is 4. The Labute approximate surface area is 85.8 Å². The van der Waals surface area contributed by atoms with E-state index >= 15 is 0 Å². The number of aromatic hydroxyl groups is 1. The van der Waals surface area contributed by atoms with E-state index in [0.717, 1.165) is 18.4 Å². The highest BCUT2D eigenvalue weighted by Gasteiger charge is 2.11. The van der Waals surface area contributed by atoms with Crippen molar-refractivity contribution in [2.24, 2.45) is 11.7 Å². The molecular weight excluding hydrogens is 174 g/mol. The van der Waals surface area contributed by atoms with Gasteiger partial charge in [0.2, 0.25) is 0 Å². The molecular formula is C12H19NO. The number of benzene rings is 1. The molecule has 2 nitrogen and oxygen atoms in total. The van der Waals surface area contributed by atoms with E-state index in [1.54, 1.807) is 12.1 Å². The summed E-state index contributed by atoms with van der Waals surface area (Å²) in [5.41, 5.74) is 7.09. The summed E-state index contributed by atoms with van der Waals surface area (Å²) < 4.78 is 0. The molecule has 0 aliphatic carbocycles. The first-order valence-corrected chi connectivity index (χ1v) is 5.17. The summed E-state index contributed by atoms with van der Waals surface area (Å²) >= 11 is 0. The second-order valence-corrected chi connectivity index (χ2v) is 3.92. The van der Waals surface area contributed by atoms with E-state index in [2.05, 4.69) is 13.8 Å². The normalized spacial score (nSPS) is 15.1. The fraction of sp³-hybridized carbons (Fsp3) is 0.500. The Morgan fingerprint density at radius 1 is 1.43 bits per heavy atom. The van der Waals surface area contributed by atoms with Gasteiger partial charge in [0, 0.05) is 6.04 Å². The van der Waals surface area contributed by atoms with E-state index in [-0.39, 0.29) is 6.04 Å². The minimum absolute atomic E-state index is 0.248. The molecule has 14 heavy (non-hydrogen) atoms. The van der Waals surface area contributed by atoms with Crippen molar-refractivity contribution in [1.82, 2.24) is 0 Å². The molecule has 3 N–H and O–H groups in total. The molecule has 0 saturated carbocycles. The van der Waals surface area contributed by atoms with Crippen LogP contribution in [0.2, 0.25) is 0 Å². The number of hydrogen-bond donors (Lipinski definition) is 2. The molecule has 1 rings (SSSR count). The number of phenolic OH excluding ortho intramolecular Hbond substituents is 1. The monoisotopic (exact) mass is 193 g/mol. The third-order valence-corrected chi connectivity index (χ3v) is 2.67. The lowest BCUT2D eigenvalue weighted by atomic mass is 9.93. The molecule has 78 valence electrons. The van der Waals surface area contributed by atoms with Gasteiger partial charge in [0.1, 0.15) is 5.75 Å². The van der Waals surface area contributed by atoms with Crippen LogP contribution in [-0.4, -0.2) is 11.1 Å². The van der Waals surface area contributed by atoms with Gasteiger partial charge < -0.3 is 10.8 Å². The first kappa shape index (κ1) is 11.1. The zero-order chi connectivity index (χ0) is 10.6. The SMILES string of the molecule is CCC(N)C(C)Cc1cccc(O)c1. The van der Waals surface area contributed by atoms with Crippen molar-refractivity contribution >= 4 is 0 Å². The molecule has 0 radical (unpaired) electrons. The number of phenols is 1. The van der Waals surface area contributed by atoms with Gasteiger partial charge in [0.25, 0.3) is 0 Å². The molecule has 0 heterocycles. The molecule has 0 aliphatic heterocycles. The largest absolute Gasteiger partial charge is 0.508 e. The third kappa shape index (κ3) is 3.04. The molecule has 0 saturated heterocycles. The van der Waals surface area contributed by atoms with Crippen LogP contribution in [-0.2, 0) is 6.42 Å². The van der Waals surface area contributed by atoms with Crippen LogP contribution in [0.3, 0.4) is 0 Å². The minimum Gasteiger partial charge on any atom is -0.508 e. The molecule has 0 amide bonds. The summed E-state index contributed by atoms with van der Waals surface area (Å²) in [4.78, 5) is 0. The molecule has 0 aromatic heterocycles. The summed E-state index contributed by atoms with van der Waals surface area (Å²) in [6, 6.07) is 7.64. The zero-order valence-corrected chi connectivity index (χ0v) is 8.90. The number of hydrogen-bond acceptors (Lipinski definition) is 2. The smallest absolute Gasteiger partial charge is 0.115 e. The average molecular weight is 193 g/mol. The maximum atomic E-state index is 9.29. The van der Waals surface area contributed by atoms with Crippen LogP contribution in [0.25, 0.3) is 0 Å². The van der Waals surface area contributed by atoms with Crippen molar-refractivity contribution < 1.29 is 5.11 Å². The van der Waals surface area contributed by atoms with Crippen LogP contribution >= 0.6 is 0 Å². The molecule has 2 unspecified atom stereocenters. The first-order valence-electron chi connectivity index (χ1n) is 5.17. The number of nitrogens with two attached hydrogens (primary N) is 1. The van der Waals surface area contributed by atoms with Crippen molar-refractivity contribution in [3.8, 4) is 5.75 Å². The van der Waals surface area contributed by atoms with Crippen molar-refractivity contribution in [3.05, 3.63) is 29.8 Å². The van der Waals surface area contributed by atoms with E-state index in [1.807, 2.05) is 12.1 Å². The third-order valence-electron chi connectivity index (χ3n) is 2.67. The van der Waals surface area contributed by atoms with E-state index in [0.29, 0.717) is 11.7 Å². The van der Waals surface area contributed by atoms with Crippen molar-refractivity contribution in [2.75, 3.05) is 0 Å². The summed E-state index contributed by atoms with van der Waals surface area (Å²) in [5.74, 6) is 0.793. The van der Waals surface area contributed by atoms with Gasteiger partial charge in [-0.3, -0.25) is 0 Å². The Morgan fingerprint density at radius 2 is 2.14 bits per heavy atom. The van der Waals surface area contributed by atoms with Gasteiger partial charge >= 0.3 is 0 Å². The molecule has 2 heteroatoms. The van der Waals surface area contributed by atoms with Gasteiger partial charge in [-0.15, -0.1) is 0 Å². The van der Waals surface area contributed by atoms with Gasteiger partial charge in [0.05, 0.1) is 0 Å². The Kier molecular flexibility index (Phi) is 3.96. The van der Waals surface area contributed by atoms with Crippen LogP contribution in [0.15, 0.2) is 24.3 Å². The van der Waals surface area contributed by atoms with E-state index < -0.39 is 0 Å². The minimum atomic E-state index is 0.248. The predicted octanol–water partition coefficient (Wildman–Crippen LogP) is 2.31. The highest BCUT2D eigenvalue weighted by atomic mass is 16.3. The fourth-order valence-electron chi connectivity index (χ4n) is 1.61. The van der Waals surface area contributed by atoms with E-state index in [4.69, 9.17) is 5.73 Å². The second-order valence-electron chi connectivity index (χ2n) is 3.92. The maximum absolute atomic E-state index is 9.29. The Bertz CT molecular complexity index is 285. The van der Waals surface area contributed by atoms with E-state index in [1.165, 1.54) is 0 Å². The Morgan fingerprint density at radius 3 is 2.71 bits per heavy atom. The lowest BCUT2D eigenvalue weighted by molar-refractivity contribution is 0.439. The molecule has 1 aromatic carbocycles. The predicted molar refractivity (Wildman–Crippen MR) is 59.2 cm³/mol. The molecule has 1 aromatic rings. The van der Waals surface area contributed by atoms with E-state index in [9.17, 15) is 5.11 Å². The summed E-state index contributed by atoms with van der Waals surface area (Å²) in [5, 5.41) is 9.29. The van der Waals surface area contributed by atoms with Crippen LogP contribution in [0.4, 0.5) is 0 Å². The average Bonchev–Trinajstić information content (AvgIpc) is 2.16. The highest BCUT2D eigenvalue weighted by Crippen LogP contribution is 2.16. The van der Waals surface area contributed by atoms with Gasteiger partial charge in [0.15, 0.2) is 0 Å². The molecule has 0 spiro atoms. The summed E-state index contributed by atoms with van der Waals surface area (Å²) in [6.07, 6.45) is 1.93. The maximum Gasteiger partial charge on any atom is 0.115 e. The van der Waals surface area contributed by atoms with Crippen LogP contribution in [0, 0.1) is 5.92 Å². The second kappa shape index (κ2) is 5.01. The Hall–Kier alpha value is -1.02. The highest BCUT2D eigenvalue weighted by molar-refractivity contribution is 5.27. The molecule has 0 bridgehead atoms. The van der Waals surface area contributed by atoms with Gasteiger partial charge in [-0.1, -0.05) is 26.0 Å². The lowest BCUT2D eigenvalue weighted by Gasteiger charge is -2.18. The molecule has 2 atom stereocenters. The van der Waals surface area contributed by atoms with Crippen molar-refractivity contribution in [3.63, 3.8) is 0 Å². The molecule has 0 fully saturated rings. The standard InChI is InChI=1S/C12H19NO/c1-3-12(13)9(2)7-10-5-4-6-11(14)8-10/h4-6,8-9,12,14H,3,7,13H2,1-2H3. The topological polar surface area (TPSA) is 46.2 Å². The fourth-order valence-corrected chi connectivity index (χ4v) is 1.61. The lowest BCUT2D eigenvalue weighted by Crippen LogP contribution is -2.28. The Balaban J connectivity index is 2.60. The van der Waals surface area contributed by atoms with Gasteiger partial charge in [-0.05, 0) is 36.5 Å². The zero-order valence-electron chi connectivity index (χ0n) is 8.90. The van der Waals surface area contributed by atoms with Crippen molar-refractivity contribution in [1.29, 1.82) is 0 Å². The van der Waals surface area contributed by atoms with Crippen LogP contribution in [0.5, 0.6) is 5.75 Å². The molecule has 0 aliphatic rings. The van der Waals surface area contributed by atoms with Crippen LogP contribution in [0.1, 0.15) is 25.8 Å². The summed E-state index contributed by atoms with van der Waals surface area (Å²) in [6.45, 7) is 4.25. The van der Waals surface area contributed by atoms with Gasteiger partial charge in [-0.2, -0.15) is 0 Å². The summed E-state index contributed by atoms with van der Waals surface area (Å²) in [7, 11) is 0. The van der Waals surface area contributed by atoms with Crippen molar-refractivity contribution in [2.45, 2.75) is 32.7 Å². The van der Waals surface area contributed by atoms with Crippen LogP contribution < -0.4 is 5.73 Å². The van der Waals surface area contributed by atoms with Gasteiger partial charge in [-0.25, -0.2) is 0 Å². The quantitative estimate of drug-likeness (QED) is 0.770. The first-order chi connectivity index (χ1) is 6.63.